The van der Waals surface area contributed by atoms with E-state index in [-0.39, 0.29) is 23.0 Å². The molecule has 0 saturated carbocycles. The van der Waals surface area contributed by atoms with Gasteiger partial charge in [-0.15, -0.1) is 0 Å². The molecule has 0 fully saturated rings. The van der Waals surface area contributed by atoms with E-state index < -0.39 is 0 Å². The molecule has 16 heavy (non-hydrogen) atoms. The number of nitrogens with zero attached hydrogens (tertiary/aromatic N) is 1. The number of hydrogen-bond acceptors (Lipinski definition) is 2. The summed E-state index contributed by atoms with van der Waals surface area (Å²) >= 11 is 3.46. The van der Waals surface area contributed by atoms with Crippen molar-refractivity contribution in [3.05, 3.63) is 11.6 Å². The lowest BCUT2D eigenvalue weighted by atomic mass is 10.1. The fourth-order valence-corrected chi connectivity index (χ4v) is 2.59. The Morgan fingerprint density at radius 3 is 2.75 bits per heavy atom. The highest BCUT2D eigenvalue weighted by molar-refractivity contribution is 9.09. The van der Waals surface area contributed by atoms with Gasteiger partial charge < -0.3 is 26.2 Å². The topological polar surface area (TPSA) is 26.3 Å². The van der Waals surface area contributed by atoms with Gasteiger partial charge in [0.25, 0.3) is 0 Å². The predicted molar refractivity (Wildman–Crippen MR) is 63.9 cm³/mol. The fraction of sp³-hybridized carbons (Fsp3) is 0.727. The van der Waals surface area contributed by atoms with Crippen molar-refractivity contribution < 1.29 is 31.0 Å². The zero-order valence-corrected chi connectivity index (χ0v) is 13.0. The Bertz CT molecular complexity index is 269. The van der Waals surface area contributed by atoms with Crippen molar-refractivity contribution in [2.45, 2.75) is 13.3 Å². The normalized spacial score (nSPS) is 24.3. The van der Waals surface area contributed by atoms with Crippen LogP contribution in [0.5, 0.6) is 0 Å². The van der Waals surface area contributed by atoms with Gasteiger partial charge in [-0.2, -0.15) is 0 Å². The van der Waals surface area contributed by atoms with Crippen LogP contribution in [0.3, 0.4) is 0 Å². The molecule has 94 valence electrons. The Morgan fingerprint density at radius 1 is 1.62 bits per heavy atom. The summed E-state index contributed by atoms with van der Waals surface area (Å²) in [6.07, 6.45) is 2.87. The van der Waals surface area contributed by atoms with Crippen LogP contribution < -0.4 is 17.0 Å². The van der Waals surface area contributed by atoms with E-state index in [2.05, 4.69) is 23.0 Å². The molecule has 0 spiro atoms. The molecule has 1 heterocycles. The highest BCUT2D eigenvalue weighted by atomic mass is 79.9. The second-order valence-electron chi connectivity index (χ2n) is 4.14. The third-order valence-electron chi connectivity index (χ3n) is 2.86. The Labute approximate surface area is 116 Å². The quantitative estimate of drug-likeness (QED) is 0.356. The van der Waals surface area contributed by atoms with Crippen LogP contribution in [0.2, 0.25) is 0 Å². The zero-order chi connectivity index (χ0) is 11.3. The Kier molecular flexibility index (Phi) is 7.52. The number of quaternary nitrogens is 1. The minimum absolute atomic E-state index is 0. The first-order valence-electron chi connectivity index (χ1n) is 5.37. The van der Waals surface area contributed by atoms with Gasteiger partial charge >= 0.3 is 5.97 Å². The number of hydrogen-bond donors (Lipinski definition) is 0. The molecule has 1 rings (SSSR count). The molecule has 0 saturated heterocycles. The molecule has 0 aromatic carbocycles. The number of carbonyl (C=O) groups excluding carboxylic acids is 1. The summed E-state index contributed by atoms with van der Waals surface area (Å²) in [5, 5.41) is 1.01. The van der Waals surface area contributed by atoms with Crippen LogP contribution >= 0.6 is 15.9 Å². The van der Waals surface area contributed by atoms with E-state index in [4.69, 9.17) is 4.74 Å². The average molecular weight is 357 g/mol. The lowest BCUT2D eigenvalue weighted by molar-refractivity contribution is -0.902. The van der Waals surface area contributed by atoms with Gasteiger partial charge in [-0.05, 0) is 13.0 Å². The third kappa shape index (κ3) is 4.55. The number of alkyl halides is 1. The Balaban J connectivity index is 0.00000225. The molecule has 0 amide bonds. The summed E-state index contributed by atoms with van der Waals surface area (Å²) in [6, 6.07) is 0. The minimum atomic E-state index is -0.136. The van der Waals surface area contributed by atoms with Gasteiger partial charge in [0.15, 0.2) is 0 Å². The number of carbonyl (C=O) groups is 1. The van der Waals surface area contributed by atoms with Crippen molar-refractivity contribution >= 4 is 21.9 Å². The van der Waals surface area contributed by atoms with Gasteiger partial charge in [-0.25, -0.2) is 4.79 Å². The van der Waals surface area contributed by atoms with Gasteiger partial charge in [0, 0.05) is 12.0 Å². The molecule has 1 unspecified atom stereocenters. The second kappa shape index (κ2) is 7.45. The van der Waals surface area contributed by atoms with Crippen molar-refractivity contribution in [2.75, 3.05) is 38.6 Å². The van der Waals surface area contributed by atoms with Gasteiger partial charge in [0.05, 0.1) is 38.6 Å². The Hall–Kier alpha value is 0.130. The molecule has 0 aromatic rings. The number of esters is 1. The molecule has 0 N–H and O–H groups in total. The van der Waals surface area contributed by atoms with E-state index in [1.807, 2.05) is 13.0 Å². The maximum absolute atomic E-state index is 11.5. The smallest absolute Gasteiger partial charge is 0.334 e. The monoisotopic (exact) mass is 355 g/mol. The van der Waals surface area contributed by atoms with Crippen LogP contribution in [0, 0.1) is 0 Å². The maximum Gasteiger partial charge on any atom is 0.334 e. The van der Waals surface area contributed by atoms with E-state index in [1.165, 1.54) is 0 Å². The van der Waals surface area contributed by atoms with Crippen molar-refractivity contribution in [1.82, 2.24) is 0 Å². The van der Waals surface area contributed by atoms with Crippen LogP contribution in [-0.2, 0) is 9.53 Å². The number of halogens is 2. The van der Waals surface area contributed by atoms with Crippen molar-refractivity contribution in [3.8, 4) is 0 Å². The molecule has 0 aromatic heterocycles. The molecular formula is C11H19Br2NO2. The summed E-state index contributed by atoms with van der Waals surface area (Å²) in [5.41, 5.74) is 0.849. The van der Waals surface area contributed by atoms with Gasteiger partial charge in [0.1, 0.15) is 0 Å². The molecule has 0 aliphatic carbocycles. The van der Waals surface area contributed by atoms with Crippen LogP contribution in [0.15, 0.2) is 11.6 Å². The van der Waals surface area contributed by atoms with E-state index in [9.17, 15) is 4.79 Å². The maximum atomic E-state index is 11.5. The van der Waals surface area contributed by atoms with Crippen LogP contribution in [0.1, 0.15) is 13.3 Å². The standard InChI is InChI=1S/C11H19BrNO2.BrH/c1-3-15-11(14)10-4-7-13(2,8-5-10)9-6-12;/h4H,3,5-9H2,1-2H3;1H/q+1;/p-1. The Morgan fingerprint density at radius 2 is 2.31 bits per heavy atom. The molecule has 1 aliphatic heterocycles. The van der Waals surface area contributed by atoms with Crippen LogP contribution in [0.25, 0.3) is 0 Å². The number of likely N-dealkylation sites (N-methyl/N-ethyl adjacent to an activating group) is 1. The first-order chi connectivity index (χ1) is 7.11. The summed E-state index contributed by atoms with van der Waals surface area (Å²) in [4.78, 5) is 11.5. The first kappa shape index (κ1) is 16.1. The lowest BCUT2D eigenvalue weighted by Gasteiger charge is -2.36. The largest absolute Gasteiger partial charge is 1.00 e. The van der Waals surface area contributed by atoms with Crippen molar-refractivity contribution in [3.63, 3.8) is 0 Å². The second-order valence-corrected chi connectivity index (χ2v) is 4.93. The first-order valence-corrected chi connectivity index (χ1v) is 6.49. The molecule has 0 radical (unpaired) electrons. The molecule has 1 aliphatic rings. The highest BCUT2D eigenvalue weighted by Gasteiger charge is 2.27. The summed E-state index contributed by atoms with van der Waals surface area (Å²) in [7, 11) is 2.22. The van der Waals surface area contributed by atoms with E-state index in [0.29, 0.717) is 6.61 Å². The number of ether oxygens (including phenoxy) is 1. The number of rotatable bonds is 4. The van der Waals surface area contributed by atoms with E-state index >= 15 is 0 Å². The lowest BCUT2D eigenvalue weighted by Crippen LogP contribution is -3.00. The minimum Gasteiger partial charge on any atom is -1.00 e. The zero-order valence-electron chi connectivity index (χ0n) is 9.84. The molecule has 5 heteroatoms. The van der Waals surface area contributed by atoms with Gasteiger partial charge in [-0.1, -0.05) is 15.9 Å². The molecule has 0 bridgehead atoms. The fourth-order valence-electron chi connectivity index (χ4n) is 1.73. The molecule has 3 nitrogen and oxygen atoms in total. The highest BCUT2D eigenvalue weighted by Crippen LogP contribution is 2.17. The average Bonchev–Trinajstić information content (AvgIpc) is 2.19. The SMILES string of the molecule is CCOC(=O)C1=CC[N+](C)(CCBr)CC1.[Br-]. The van der Waals surface area contributed by atoms with E-state index in [1.54, 1.807) is 0 Å². The van der Waals surface area contributed by atoms with Crippen LogP contribution in [0.4, 0.5) is 0 Å². The summed E-state index contributed by atoms with van der Waals surface area (Å²) < 4.78 is 5.99. The van der Waals surface area contributed by atoms with E-state index in [0.717, 1.165) is 41.4 Å². The predicted octanol–water partition coefficient (Wildman–Crippen LogP) is -1.27. The van der Waals surface area contributed by atoms with Crippen molar-refractivity contribution in [1.29, 1.82) is 0 Å². The summed E-state index contributed by atoms with van der Waals surface area (Å²) in [6.45, 7) is 5.36. The summed E-state index contributed by atoms with van der Waals surface area (Å²) in [5.74, 6) is -0.136. The van der Waals surface area contributed by atoms with Gasteiger partial charge in [0.2, 0.25) is 0 Å². The van der Waals surface area contributed by atoms with Crippen molar-refractivity contribution in [2.24, 2.45) is 0 Å². The van der Waals surface area contributed by atoms with Crippen LogP contribution in [-0.4, -0.2) is 49.1 Å². The third-order valence-corrected chi connectivity index (χ3v) is 3.22. The molecule has 1 atom stereocenters. The van der Waals surface area contributed by atoms with Gasteiger partial charge in [-0.3, -0.25) is 0 Å². The molecular weight excluding hydrogens is 338 g/mol.